The average molecular weight is 308 g/mol. The highest BCUT2D eigenvalue weighted by molar-refractivity contribution is 9.10. The third-order valence-corrected chi connectivity index (χ3v) is 3.61. The van der Waals surface area contributed by atoms with E-state index >= 15 is 0 Å². The number of rotatable bonds is 5. The van der Waals surface area contributed by atoms with Crippen LogP contribution in [0.1, 0.15) is 18.1 Å². The van der Waals surface area contributed by atoms with Crippen LogP contribution in [0, 0.1) is 6.92 Å². The molecule has 1 aromatic carbocycles. The molecule has 0 bridgehead atoms. The molecule has 0 fully saturated rings. The highest BCUT2D eigenvalue weighted by Gasteiger charge is 2.05. The Bertz CT molecular complexity index is 494. The number of nitrogens with one attached hydrogen (secondary N) is 1. The Hall–Kier alpha value is -1.13. The molecule has 0 amide bonds. The Morgan fingerprint density at radius 3 is 2.94 bits per heavy atom. The van der Waals surface area contributed by atoms with Crippen molar-refractivity contribution in [3.05, 3.63) is 52.3 Å². The van der Waals surface area contributed by atoms with Crippen LogP contribution in [0.2, 0.25) is 0 Å². The van der Waals surface area contributed by atoms with Crippen molar-refractivity contribution in [2.75, 3.05) is 0 Å². The zero-order chi connectivity index (χ0) is 13.0. The SMILES string of the molecule is Cc1ccc(CNC(C)Cn2cccn2)c(Br)c1. The van der Waals surface area contributed by atoms with Gasteiger partial charge in [0.15, 0.2) is 0 Å². The molecule has 0 saturated heterocycles. The summed E-state index contributed by atoms with van der Waals surface area (Å²) in [5.74, 6) is 0. The van der Waals surface area contributed by atoms with Crippen molar-refractivity contribution in [1.29, 1.82) is 0 Å². The summed E-state index contributed by atoms with van der Waals surface area (Å²) in [6, 6.07) is 8.78. The number of aromatic nitrogens is 2. The lowest BCUT2D eigenvalue weighted by Crippen LogP contribution is -2.30. The van der Waals surface area contributed by atoms with E-state index < -0.39 is 0 Å². The molecule has 1 heterocycles. The van der Waals surface area contributed by atoms with Crippen molar-refractivity contribution in [2.45, 2.75) is 33.0 Å². The quantitative estimate of drug-likeness (QED) is 0.919. The van der Waals surface area contributed by atoms with Gasteiger partial charge in [0.1, 0.15) is 0 Å². The first-order chi connectivity index (χ1) is 8.65. The summed E-state index contributed by atoms with van der Waals surface area (Å²) in [7, 11) is 0. The smallest absolute Gasteiger partial charge is 0.0560 e. The van der Waals surface area contributed by atoms with Gasteiger partial charge in [-0.05, 0) is 37.1 Å². The summed E-state index contributed by atoms with van der Waals surface area (Å²) < 4.78 is 3.11. The van der Waals surface area contributed by atoms with Crippen LogP contribution >= 0.6 is 15.9 Å². The predicted octanol–water partition coefficient (Wildman–Crippen LogP) is 3.13. The van der Waals surface area contributed by atoms with Gasteiger partial charge in [0.25, 0.3) is 0 Å². The molecule has 0 aliphatic heterocycles. The first kappa shape index (κ1) is 13.3. The topological polar surface area (TPSA) is 29.9 Å². The van der Waals surface area contributed by atoms with Gasteiger partial charge in [-0.25, -0.2) is 0 Å². The Kier molecular flexibility index (Phi) is 4.55. The fourth-order valence-electron chi connectivity index (χ4n) is 1.83. The van der Waals surface area contributed by atoms with Crippen molar-refractivity contribution in [3.63, 3.8) is 0 Å². The lowest BCUT2D eigenvalue weighted by molar-refractivity contribution is 0.450. The lowest BCUT2D eigenvalue weighted by Gasteiger charge is -2.15. The third-order valence-electron chi connectivity index (χ3n) is 2.87. The number of nitrogens with zero attached hydrogens (tertiary/aromatic N) is 2. The van der Waals surface area contributed by atoms with Crippen LogP contribution < -0.4 is 5.32 Å². The molecule has 1 unspecified atom stereocenters. The molecule has 0 aliphatic carbocycles. The van der Waals surface area contributed by atoms with Crippen molar-refractivity contribution in [2.24, 2.45) is 0 Å². The molecule has 0 saturated carbocycles. The van der Waals surface area contributed by atoms with Crippen molar-refractivity contribution in [1.82, 2.24) is 15.1 Å². The fraction of sp³-hybridized carbons (Fsp3) is 0.357. The molecule has 0 aliphatic rings. The highest BCUT2D eigenvalue weighted by atomic mass is 79.9. The summed E-state index contributed by atoms with van der Waals surface area (Å²) in [6.45, 7) is 6.02. The van der Waals surface area contributed by atoms with E-state index in [1.807, 2.05) is 23.1 Å². The van der Waals surface area contributed by atoms with Gasteiger partial charge in [0.05, 0.1) is 6.54 Å². The summed E-state index contributed by atoms with van der Waals surface area (Å²) in [6.07, 6.45) is 3.79. The molecule has 3 nitrogen and oxygen atoms in total. The molecule has 1 atom stereocenters. The molecule has 4 heteroatoms. The maximum atomic E-state index is 4.21. The van der Waals surface area contributed by atoms with Crippen molar-refractivity contribution < 1.29 is 0 Å². The monoisotopic (exact) mass is 307 g/mol. The third kappa shape index (κ3) is 3.68. The van der Waals surface area contributed by atoms with Crippen LogP contribution in [0.3, 0.4) is 0 Å². The number of aryl methyl sites for hydroxylation is 1. The fourth-order valence-corrected chi connectivity index (χ4v) is 2.47. The zero-order valence-electron chi connectivity index (χ0n) is 10.7. The van der Waals surface area contributed by atoms with E-state index in [2.05, 4.69) is 58.4 Å². The minimum absolute atomic E-state index is 0.387. The molecule has 96 valence electrons. The van der Waals surface area contributed by atoms with Gasteiger partial charge in [-0.3, -0.25) is 4.68 Å². The second-order valence-electron chi connectivity index (χ2n) is 4.60. The molecule has 18 heavy (non-hydrogen) atoms. The van der Waals surface area contributed by atoms with E-state index in [-0.39, 0.29) is 0 Å². The average Bonchev–Trinajstić information content (AvgIpc) is 2.80. The molecule has 0 spiro atoms. The number of hydrogen-bond donors (Lipinski definition) is 1. The Labute approximate surface area is 116 Å². The van der Waals surface area contributed by atoms with Crippen LogP contribution in [-0.2, 0) is 13.1 Å². The first-order valence-corrected chi connectivity index (χ1v) is 6.90. The summed E-state index contributed by atoms with van der Waals surface area (Å²) in [5, 5.41) is 7.71. The summed E-state index contributed by atoms with van der Waals surface area (Å²) in [5.41, 5.74) is 2.56. The van der Waals surface area contributed by atoms with Gasteiger partial charge in [0.2, 0.25) is 0 Å². The van der Waals surface area contributed by atoms with E-state index in [0.717, 1.165) is 13.1 Å². The van der Waals surface area contributed by atoms with Crippen LogP contribution in [0.5, 0.6) is 0 Å². The predicted molar refractivity (Wildman–Crippen MR) is 77.4 cm³/mol. The second kappa shape index (κ2) is 6.16. The molecule has 1 N–H and O–H groups in total. The van der Waals surface area contributed by atoms with Gasteiger partial charge in [-0.15, -0.1) is 0 Å². The number of hydrogen-bond acceptors (Lipinski definition) is 2. The maximum Gasteiger partial charge on any atom is 0.0560 e. The van der Waals surface area contributed by atoms with E-state index in [1.54, 1.807) is 0 Å². The standard InChI is InChI=1S/C14H18BrN3/c1-11-4-5-13(14(15)8-11)9-16-12(2)10-18-7-3-6-17-18/h3-8,12,16H,9-10H2,1-2H3. The van der Waals surface area contributed by atoms with E-state index in [4.69, 9.17) is 0 Å². The minimum atomic E-state index is 0.387. The number of halogens is 1. The Morgan fingerprint density at radius 1 is 1.44 bits per heavy atom. The van der Waals surface area contributed by atoms with Gasteiger partial charge in [-0.1, -0.05) is 28.1 Å². The van der Waals surface area contributed by atoms with Crippen LogP contribution in [0.4, 0.5) is 0 Å². The van der Waals surface area contributed by atoms with Gasteiger partial charge in [-0.2, -0.15) is 5.10 Å². The highest BCUT2D eigenvalue weighted by Crippen LogP contribution is 2.18. The first-order valence-electron chi connectivity index (χ1n) is 6.11. The van der Waals surface area contributed by atoms with Crippen LogP contribution in [0.25, 0.3) is 0 Å². The molecular weight excluding hydrogens is 290 g/mol. The molecule has 2 rings (SSSR count). The zero-order valence-corrected chi connectivity index (χ0v) is 12.3. The van der Waals surface area contributed by atoms with Crippen molar-refractivity contribution in [3.8, 4) is 0 Å². The largest absolute Gasteiger partial charge is 0.308 e. The summed E-state index contributed by atoms with van der Waals surface area (Å²) in [4.78, 5) is 0. The van der Waals surface area contributed by atoms with E-state index in [1.165, 1.54) is 15.6 Å². The maximum absolute atomic E-state index is 4.21. The number of benzene rings is 1. The van der Waals surface area contributed by atoms with E-state index in [0.29, 0.717) is 6.04 Å². The van der Waals surface area contributed by atoms with E-state index in [9.17, 15) is 0 Å². The lowest BCUT2D eigenvalue weighted by atomic mass is 10.1. The Balaban J connectivity index is 1.87. The second-order valence-corrected chi connectivity index (χ2v) is 5.46. The minimum Gasteiger partial charge on any atom is -0.308 e. The van der Waals surface area contributed by atoms with Crippen molar-refractivity contribution >= 4 is 15.9 Å². The van der Waals surface area contributed by atoms with Crippen LogP contribution in [-0.4, -0.2) is 15.8 Å². The van der Waals surface area contributed by atoms with Gasteiger partial charge < -0.3 is 5.32 Å². The molecule has 2 aromatic rings. The van der Waals surface area contributed by atoms with Gasteiger partial charge >= 0.3 is 0 Å². The normalized spacial score (nSPS) is 12.6. The Morgan fingerprint density at radius 2 is 2.28 bits per heavy atom. The molecule has 1 aromatic heterocycles. The van der Waals surface area contributed by atoms with Crippen LogP contribution in [0.15, 0.2) is 41.1 Å². The van der Waals surface area contributed by atoms with Gasteiger partial charge in [0, 0.05) is 29.5 Å². The molecule has 0 radical (unpaired) electrons. The molecular formula is C14H18BrN3. The summed E-state index contributed by atoms with van der Waals surface area (Å²) >= 11 is 3.60.